The third-order valence-corrected chi connectivity index (χ3v) is 2.01. The Labute approximate surface area is 70.3 Å². The minimum atomic E-state index is 0.0654. The van der Waals surface area contributed by atoms with Crippen molar-refractivity contribution in [2.75, 3.05) is 0 Å². The topological polar surface area (TPSA) is 38.1 Å². The minimum Gasteiger partial charge on any atom is -0.480 e. The van der Waals surface area contributed by atoms with E-state index in [1.165, 1.54) is 5.56 Å². The molecular formula is C9H10N2O. The van der Waals surface area contributed by atoms with Crippen LogP contribution in [0.15, 0.2) is 18.2 Å². The summed E-state index contributed by atoms with van der Waals surface area (Å²) >= 11 is 0. The molecule has 0 aliphatic heterocycles. The molecule has 0 bridgehead atoms. The van der Waals surface area contributed by atoms with E-state index in [0.29, 0.717) is 0 Å². The molecule has 3 heteroatoms. The molecule has 1 aromatic heterocycles. The quantitative estimate of drug-likeness (QED) is 0.638. The molecule has 0 amide bonds. The minimum absolute atomic E-state index is 0.0654. The van der Waals surface area contributed by atoms with Gasteiger partial charge in [-0.2, -0.15) is 4.98 Å². The van der Waals surface area contributed by atoms with Gasteiger partial charge in [0.2, 0.25) is 0 Å². The van der Waals surface area contributed by atoms with E-state index in [1.807, 2.05) is 25.1 Å². The first-order valence-electron chi connectivity index (χ1n) is 3.80. The Bertz CT molecular complexity index is 431. The highest BCUT2D eigenvalue weighted by molar-refractivity contribution is 5.77. The Balaban J connectivity index is 2.88. The maximum absolute atomic E-state index is 9.29. The van der Waals surface area contributed by atoms with Crippen molar-refractivity contribution in [2.45, 2.75) is 6.92 Å². The fourth-order valence-electron chi connectivity index (χ4n) is 1.29. The molecule has 1 N–H and O–H groups in total. The van der Waals surface area contributed by atoms with Gasteiger partial charge in [0.1, 0.15) is 0 Å². The van der Waals surface area contributed by atoms with Gasteiger partial charge in [0.25, 0.3) is 6.01 Å². The van der Waals surface area contributed by atoms with Crippen LogP contribution in [-0.2, 0) is 7.05 Å². The highest BCUT2D eigenvalue weighted by Crippen LogP contribution is 2.19. The lowest BCUT2D eigenvalue weighted by molar-refractivity contribution is 0.415. The van der Waals surface area contributed by atoms with Crippen LogP contribution in [0.4, 0.5) is 0 Å². The highest BCUT2D eigenvalue weighted by Gasteiger charge is 2.04. The monoisotopic (exact) mass is 162 g/mol. The molecule has 0 aliphatic rings. The van der Waals surface area contributed by atoms with Crippen LogP contribution in [0, 0.1) is 6.92 Å². The fraction of sp³-hybridized carbons (Fsp3) is 0.222. The third-order valence-electron chi connectivity index (χ3n) is 2.01. The van der Waals surface area contributed by atoms with Gasteiger partial charge in [-0.15, -0.1) is 0 Å². The lowest BCUT2D eigenvalue weighted by Crippen LogP contribution is -1.85. The van der Waals surface area contributed by atoms with Crippen LogP contribution in [-0.4, -0.2) is 14.7 Å². The summed E-state index contributed by atoms with van der Waals surface area (Å²) in [5, 5.41) is 9.29. The van der Waals surface area contributed by atoms with Gasteiger partial charge >= 0.3 is 0 Å². The maximum Gasteiger partial charge on any atom is 0.294 e. The molecule has 0 saturated carbocycles. The Kier molecular flexibility index (Phi) is 1.33. The van der Waals surface area contributed by atoms with E-state index < -0.39 is 0 Å². The molecule has 0 radical (unpaired) electrons. The van der Waals surface area contributed by atoms with E-state index >= 15 is 0 Å². The standard InChI is InChI=1S/C9H10N2O/c1-6-3-4-7-8(5-6)11(2)9(12)10-7/h3-5H,1-2H3,(H,10,12). The largest absolute Gasteiger partial charge is 0.480 e. The van der Waals surface area contributed by atoms with Crippen LogP contribution in [0.5, 0.6) is 6.01 Å². The summed E-state index contributed by atoms with van der Waals surface area (Å²) in [5.74, 6) is 0. The first-order chi connectivity index (χ1) is 5.68. The van der Waals surface area contributed by atoms with Crippen LogP contribution < -0.4 is 0 Å². The number of aryl methyl sites for hydroxylation is 2. The summed E-state index contributed by atoms with van der Waals surface area (Å²) in [6.45, 7) is 2.02. The molecule has 12 heavy (non-hydrogen) atoms. The zero-order valence-electron chi connectivity index (χ0n) is 7.07. The average molecular weight is 162 g/mol. The molecule has 0 atom stereocenters. The molecule has 2 aromatic rings. The predicted octanol–water partition coefficient (Wildman–Crippen LogP) is 1.59. The molecule has 0 spiro atoms. The second-order valence-corrected chi connectivity index (χ2v) is 2.96. The van der Waals surface area contributed by atoms with Gasteiger partial charge in [-0.25, -0.2) is 0 Å². The fourth-order valence-corrected chi connectivity index (χ4v) is 1.29. The number of aromatic nitrogens is 2. The third kappa shape index (κ3) is 0.863. The summed E-state index contributed by atoms with van der Waals surface area (Å²) in [6, 6.07) is 5.96. The van der Waals surface area contributed by atoms with Gasteiger partial charge in [0.05, 0.1) is 11.0 Å². The zero-order chi connectivity index (χ0) is 8.72. The van der Waals surface area contributed by atoms with Crippen LogP contribution in [0.3, 0.4) is 0 Å². The van der Waals surface area contributed by atoms with Crippen LogP contribution >= 0.6 is 0 Å². The zero-order valence-corrected chi connectivity index (χ0v) is 7.07. The van der Waals surface area contributed by atoms with E-state index in [2.05, 4.69) is 4.98 Å². The first-order valence-corrected chi connectivity index (χ1v) is 3.80. The molecule has 1 heterocycles. The Hall–Kier alpha value is -1.51. The summed E-state index contributed by atoms with van der Waals surface area (Å²) in [7, 11) is 1.80. The van der Waals surface area contributed by atoms with Crippen molar-refractivity contribution in [2.24, 2.45) is 7.05 Å². The van der Waals surface area contributed by atoms with Crippen molar-refractivity contribution >= 4 is 11.0 Å². The average Bonchev–Trinajstić information content (AvgIpc) is 2.31. The number of fused-ring (bicyclic) bond motifs is 1. The Morgan fingerprint density at radius 1 is 1.42 bits per heavy atom. The molecule has 1 aromatic carbocycles. The van der Waals surface area contributed by atoms with Crippen molar-refractivity contribution < 1.29 is 5.11 Å². The second-order valence-electron chi connectivity index (χ2n) is 2.96. The van der Waals surface area contributed by atoms with Crippen LogP contribution in [0.2, 0.25) is 0 Å². The van der Waals surface area contributed by atoms with E-state index in [-0.39, 0.29) is 6.01 Å². The smallest absolute Gasteiger partial charge is 0.294 e. The molecular weight excluding hydrogens is 152 g/mol. The van der Waals surface area contributed by atoms with Crippen molar-refractivity contribution in [1.82, 2.24) is 9.55 Å². The van der Waals surface area contributed by atoms with E-state index in [4.69, 9.17) is 0 Å². The lowest BCUT2D eigenvalue weighted by Gasteiger charge is -1.95. The van der Waals surface area contributed by atoms with Crippen molar-refractivity contribution in [3.63, 3.8) is 0 Å². The van der Waals surface area contributed by atoms with Crippen LogP contribution in [0.1, 0.15) is 5.56 Å². The first kappa shape index (κ1) is 7.16. The number of nitrogens with zero attached hydrogens (tertiary/aromatic N) is 2. The van der Waals surface area contributed by atoms with Crippen molar-refractivity contribution in [1.29, 1.82) is 0 Å². The summed E-state index contributed by atoms with van der Waals surface area (Å²) in [4.78, 5) is 3.97. The number of benzene rings is 1. The van der Waals surface area contributed by atoms with Gasteiger partial charge in [-0.3, -0.25) is 4.57 Å². The molecule has 0 fully saturated rings. The highest BCUT2D eigenvalue weighted by atomic mass is 16.3. The SMILES string of the molecule is Cc1ccc2nc(O)n(C)c2c1. The maximum atomic E-state index is 9.29. The number of imidazole rings is 1. The summed E-state index contributed by atoms with van der Waals surface area (Å²) in [6.07, 6.45) is 0. The van der Waals surface area contributed by atoms with E-state index in [0.717, 1.165) is 11.0 Å². The number of hydrogen-bond donors (Lipinski definition) is 1. The Morgan fingerprint density at radius 3 is 2.92 bits per heavy atom. The molecule has 0 aliphatic carbocycles. The summed E-state index contributed by atoms with van der Waals surface area (Å²) in [5.41, 5.74) is 2.97. The van der Waals surface area contributed by atoms with Crippen LogP contribution in [0.25, 0.3) is 11.0 Å². The number of rotatable bonds is 0. The molecule has 3 nitrogen and oxygen atoms in total. The van der Waals surface area contributed by atoms with Gasteiger partial charge in [0, 0.05) is 7.05 Å². The Morgan fingerprint density at radius 2 is 2.17 bits per heavy atom. The van der Waals surface area contributed by atoms with Crippen molar-refractivity contribution in [3.05, 3.63) is 23.8 Å². The molecule has 62 valence electrons. The summed E-state index contributed by atoms with van der Waals surface area (Å²) < 4.78 is 1.67. The van der Waals surface area contributed by atoms with E-state index in [1.54, 1.807) is 11.6 Å². The predicted molar refractivity (Wildman–Crippen MR) is 47.1 cm³/mol. The second kappa shape index (κ2) is 2.24. The van der Waals surface area contributed by atoms with Gasteiger partial charge in [-0.1, -0.05) is 6.07 Å². The van der Waals surface area contributed by atoms with Crippen molar-refractivity contribution in [3.8, 4) is 6.01 Å². The van der Waals surface area contributed by atoms with E-state index in [9.17, 15) is 5.11 Å². The molecule has 0 saturated heterocycles. The molecule has 0 unspecified atom stereocenters. The lowest BCUT2D eigenvalue weighted by atomic mass is 10.2. The van der Waals surface area contributed by atoms with Gasteiger partial charge in [-0.05, 0) is 24.6 Å². The normalized spacial score (nSPS) is 10.8. The van der Waals surface area contributed by atoms with Gasteiger partial charge in [0.15, 0.2) is 0 Å². The number of aromatic hydroxyl groups is 1. The van der Waals surface area contributed by atoms with Gasteiger partial charge < -0.3 is 5.11 Å². The molecule has 2 rings (SSSR count). The number of hydrogen-bond acceptors (Lipinski definition) is 2.